The SMILES string of the molecule is CC1(C)CC(C=O)CC(C)(C)N1Cc1ccccc1. The van der Waals surface area contributed by atoms with E-state index in [9.17, 15) is 4.79 Å². The lowest BCUT2D eigenvalue weighted by Gasteiger charge is -2.54. The molecule has 0 spiro atoms. The maximum absolute atomic E-state index is 11.2. The van der Waals surface area contributed by atoms with Gasteiger partial charge in [-0.15, -0.1) is 0 Å². The largest absolute Gasteiger partial charge is 0.303 e. The Morgan fingerprint density at radius 2 is 1.63 bits per heavy atom. The van der Waals surface area contributed by atoms with E-state index in [1.807, 2.05) is 0 Å². The average Bonchev–Trinajstić information content (AvgIpc) is 2.34. The third-order valence-electron chi connectivity index (χ3n) is 4.36. The highest BCUT2D eigenvalue weighted by molar-refractivity contribution is 5.54. The highest BCUT2D eigenvalue weighted by Gasteiger charge is 2.44. The second-order valence-electron chi connectivity index (χ2n) is 7.00. The van der Waals surface area contributed by atoms with E-state index in [0.29, 0.717) is 0 Å². The van der Waals surface area contributed by atoms with Gasteiger partial charge in [0.05, 0.1) is 0 Å². The van der Waals surface area contributed by atoms with Crippen molar-refractivity contribution in [3.8, 4) is 0 Å². The lowest BCUT2D eigenvalue weighted by atomic mass is 9.74. The molecule has 2 rings (SSSR count). The van der Waals surface area contributed by atoms with E-state index in [-0.39, 0.29) is 17.0 Å². The molecule has 19 heavy (non-hydrogen) atoms. The number of nitrogens with zero attached hydrogens (tertiary/aromatic N) is 1. The van der Waals surface area contributed by atoms with Crippen molar-refractivity contribution in [3.05, 3.63) is 35.9 Å². The molecule has 0 N–H and O–H groups in total. The van der Waals surface area contributed by atoms with Crippen LogP contribution < -0.4 is 0 Å². The average molecular weight is 259 g/mol. The molecule has 1 heterocycles. The second kappa shape index (κ2) is 5.09. The Labute approximate surface area is 116 Å². The molecule has 0 radical (unpaired) electrons. The van der Waals surface area contributed by atoms with Crippen LogP contribution in [-0.2, 0) is 11.3 Å². The Hall–Kier alpha value is -1.15. The summed E-state index contributed by atoms with van der Waals surface area (Å²) in [5.74, 6) is 0.192. The molecule has 1 aromatic rings. The fourth-order valence-corrected chi connectivity index (χ4v) is 3.69. The monoisotopic (exact) mass is 259 g/mol. The smallest absolute Gasteiger partial charge is 0.123 e. The van der Waals surface area contributed by atoms with Gasteiger partial charge in [0.2, 0.25) is 0 Å². The zero-order valence-corrected chi connectivity index (χ0v) is 12.5. The topological polar surface area (TPSA) is 20.3 Å². The number of carbonyl (C=O) groups is 1. The zero-order chi connectivity index (χ0) is 14.1. The molecule has 0 aliphatic carbocycles. The van der Waals surface area contributed by atoms with Gasteiger partial charge in [-0.05, 0) is 46.1 Å². The summed E-state index contributed by atoms with van der Waals surface area (Å²) in [5, 5.41) is 0. The van der Waals surface area contributed by atoms with Crippen molar-refractivity contribution in [2.24, 2.45) is 5.92 Å². The first kappa shape index (κ1) is 14.3. The van der Waals surface area contributed by atoms with Crippen molar-refractivity contribution < 1.29 is 4.79 Å². The first-order valence-electron chi connectivity index (χ1n) is 7.12. The molecule has 1 aliphatic rings. The summed E-state index contributed by atoms with van der Waals surface area (Å²) in [6.45, 7) is 9.98. The molecule has 0 atom stereocenters. The summed E-state index contributed by atoms with van der Waals surface area (Å²) in [5.41, 5.74) is 1.46. The van der Waals surface area contributed by atoms with E-state index >= 15 is 0 Å². The Balaban J connectivity index is 2.24. The highest BCUT2D eigenvalue weighted by atomic mass is 16.1. The molecule has 0 saturated carbocycles. The summed E-state index contributed by atoms with van der Waals surface area (Å²) in [6, 6.07) is 10.6. The molecular weight excluding hydrogens is 234 g/mol. The summed E-state index contributed by atoms with van der Waals surface area (Å²) >= 11 is 0. The minimum atomic E-state index is 0.0587. The Morgan fingerprint density at radius 3 is 2.11 bits per heavy atom. The van der Waals surface area contributed by atoms with Crippen LogP contribution in [0.25, 0.3) is 0 Å². The van der Waals surface area contributed by atoms with E-state index in [2.05, 4.69) is 62.9 Å². The summed E-state index contributed by atoms with van der Waals surface area (Å²) in [6.07, 6.45) is 3.04. The maximum atomic E-state index is 11.2. The first-order chi connectivity index (χ1) is 8.85. The number of hydrogen-bond acceptors (Lipinski definition) is 2. The molecule has 2 nitrogen and oxygen atoms in total. The van der Waals surface area contributed by atoms with Gasteiger partial charge in [-0.25, -0.2) is 0 Å². The zero-order valence-electron chi connectivity index (χ0n) is 12.5. The standard InChI is InChI=1S/C17H25NO/c1-16(2)10-15(13-19)11-17(3,4)18(16)12-14-8-6-5-7-9-14/h5-9,13,15H,10-12H2,1-4H3. The highest BCUT2D eigenvalue weighted by Crippen LogP contribution is 2.41. The number of rotatable bonds is 3. The van der Waals surface area contributed by atoms with Crippen molar-refractivity contribution >= 4 is 6.29 Å². The van der Waals surface area contributed by atoms with Gasteiger partial charge >= 0.3 is 0 Å². The summed E-state index contributed by atoms with van der Waals surface area (Å²) in [7, 11) is 0. The van der Waals surface area contributed by atoms with Crippen LogP contribution in [0.3, 0.4) is 0 Å². The Bertz CT molecular complexity index is 418. The molecule has 2 heteroatoms. The number of hydrogen-bond donors (Lipinski definition) is 0. The van der Waals surface area contributed by atoms with Crippen LogP contribution in [0.1, 0.15) is 46.1 Å². The van der Waals surface area contributed by atoms with Crippen molar-refractivity contribution in [2.45, 2.75) is 58.2 Å². The number of aldehydes is 1. The van der Waals surface area contributed by atoms with Crippen LogP contribution in [-0.4, -0.2) is 22.3 Å². The molecule has 1 aliphatic heterocycles. The van der Waals surface area contributed by atoms with Crippen LogP contribution in [0.15, 0.2) is 30.3 Å². The van der Waals surface area contributed by atoms with Crippen LogP contribution in [0.5, 0.6) is 0 Å². The number of piperidine rings is 1. The number of benzene rings is 1. The van der Waals surface area contributed by atoms with Gasteiger partial charge in [0.25, 0.3) is 0 Å². The van der Waals surface area contributed by atoms with Gasteiger partial charge in [-0.3, -0.25) is 4.90 Å². The maximum Gasteiger partial charge on any atom is 0.123 e. The van der Waals surface area contributed by atoms with Gasteiger partial charge in [0, 0.05) is 23.5 Å². The molecule has 0 amide bonds. The fourth-order valence-electron chi connectivity index (χ4n) is 3.69. The van der Waals surface area contributed by atoms with Crippen LogP contribution >= 0.6 is 0 Å². The van der Waals surface area contributed by atoms with Crippen molar-refractivity contribution in [1.29, 1.82) is 0 Å². The van der Waals surface area contributed by atoms with Gasteiger partial charge in [0.15, 0.2) is 0 Å². The molecule has 0 aromatic heterocycles. The van der Waals surface area contributed by atoms with Crippen molar-refractivity contribution in [1.82, 2.24) is 4.90 Å². The molecule has 1 aromatic carbocycles. The van der Waals surface area contributed by atoms with E-state index in [4.69, 9.17) is 0 Å². The predicted octanol–water partition coefficient (Wildman–Crippen LogP) is 3.65. The minimum Gasteiger partial charge on any atom is -0.303 e. The lowest BCUT2D eigenvalue weighted by Crippen LogP contribution is -2.60. The predicted molar refractivity (Wildman–Crippen MR) is 78.9 cm³/mol. The van der Waals surface area contributed by atoms with Crippen LogP contribution in [0.2, 0.25) is 0 Å². The Morgan fingerprint density at radius 1 is 1.11 bits per heavy atom. The molecule has 0 unspecified atom stereocenters. The normalized spacial score (nSPS) is 23.2. The third-order valence-corrected chi connectivity index (χ3v) is 4.36. The molecule has 1 saturated heterocycles. The second-order valence-corrected chi connectivity index (χ2v) is 7.00. The minimum absolute atomic E-state index is 0.0587. The van der Waals surface area contributed by atoms with Crippen LogP contribution in [0.4, 0.5) is 0 Å². The summed E-state index contributed by atoms with van der Waals surface area (Å²) < 4.78 is 0. The first-order valence-corrected chi connectivity index (χ1v) is 7.12. The quantitative estimate of drug-likeness (QED) is 0.772. The number of likely N-dealkylation sites (tertiary alicyclic amines) is 1. The molecule has 104 valence electrons. The van der Waals surface area contributed by atoms with Gasteiger partial charge in [-0.2, -0.15) is 0 Å². The lowest BCUT2D eigenvalue weighted by molar-refractivity contribution is -0.120. The van der Waals surface area contributed by atoms with Gasteiger partial charge in [0.1, 0.15) is 6.29 Å². The van der Waals surface area contributed by atoms with Crippen LogP contribution in [0, 0.1) is 5.92 Å². The molecule has 0 bridgehead atoms. The van der Waals surface area contributed by atoms with Crippen molar-refractivity contribution in [2.75, 3.05) is 0 Å². The van der Waals surface area contributed by atoms with Crippen molar-refractivity contribution in [3.63, 3.8) is 0 Å². The fraction of sp³-hybridized carbons (Fsp3) is 0.588. The molecular formula is C17H25NO. The van der Waals surface area contributed by atoms with E-state index < -0.39 is 0 Å². The van der Waals surface area contributed by atoms with E-state index in [1.54, 1.807) is 0 Å². The van der Waals surface area contributed by atoms with E-state index in [1.165, 1.54) is 5.56 Å². The van der Waals surface area contributed by atoms with Gasteiger partial charge in [-0.1, -0.05) is 30.3 Å². The number of carbonyl (C=O) groups excluding carboxylic acids is 1. The molecule has 1 fully saturated rings. The van der Waals surface area contributed by atoms with Gasteiger partial charge < -0.3 is 4.79 Å². The van der Waals surface area contributed by atoms with E-state index in [0.717, 1.165) is 25.7 Å². The third kappa shape index (κ3) is 3.06. The Kier molecular flexibility index (Phi) is 3.82. The summed E-state index contributed by atoms with van der Waals surface area (Å²) in [4.78, 5) is 13.7.